The summed E-state index contributed by atoms with van der Waals surface area (Å²) in [5.74, 6) is -5.58. The van der Waals surface area contributed by atoms with Crippen LogP contribution in [0.3, 0.4) is 0 Å². The molecule has 0 aromatic heterocycles. The van der Waals surface area contributed by atoms with Crippen molar-refractivity contribution in [2.75, 3.05) is 13.2 Å². The van der Waals surface area contributed by atoms with Gasteiger partial charge in [-0.25, -0.2) is 5.43 Å². The molecule has 3 amide bonds. The molecule has 8 atom stereocenters. The molecule has 2 aliphatic rings. The number of hydrogen-bond donors (Lipinski definition) is 7. The number of benzene rings is 1. The first-order valence-corrected chi connectivity index (χ1v) is 17.8. The summed E-state index contributed by atoms with van der Waals surface area (Å²) in [5, 5.41) is 48.7. The fourth-order valence-corrected chi connectivity index (χ4v) is 6.13. The number of carbonyl (C=O) groups is 5. The van der Waals surface area contributed by atoms with Crippen molar-refractivity contribution in [1.29, 1.82) is 0 Å². The van der Waals surface area contributed by atoms with Crippen LogP contribution >= 0.6 is 0 Å². The Morgan fingerprint density at radius 1 is 1.08 bits per heavy atom. The van der Waals surface area contributed by atoms with E-state index in [9.17, 15) is 44.4 Å². The summed E-state index contributed by atoms with van der Waals surface area (Å²) < 4.78 is 5.85. The lowest BCUT2D eigenvalue weighted by molar-refractivity contribution is -0.156. The molecule has 52 heavy (non-hydrogen) atoms. The summed E-state index contributed by atoms with van der Waals surface area (Å²) in [4.78, 5) is 67.3. The van der Waals surface area contributed by atoms with Gasteiger partial charge in [0.15, 0.2) is 0 Å². The van der Waals surface area contributed by atoms with Crippen LogP contribution in [0.5, 0.6) is 5.75 Å². The van der Waals surface area contributed by atoms with Crippen LogP contribution in [0, 0.1) is 17.8 Å². The maximum atomic E-state index is 14.2. The van der Waals surface area contributed by atoms with Gasteiger partial charge in [0.05, 0.1) is 24.7 Å². The lowest BCUT2D eigenvalue weighted by Crippen LogP contribution is -2.59. The van der Waals surface area contributed by atoms with Crippen molar-refractivity contribution in [2.24, 2.45) is 17.8 Å². The quantitative estimate of drug-likeness (QED) is 0.159. The molecule has 7 N–H and O–H groups in total. The van der Waals surface area contributed by atoms with Crippen LogP contribution in [0.4, 0.5) is 0 Å². The molecule has 2 unspecified atom stereocenters. The van der Waals surface area contributed by atoms with E-state index in [2.05, 4.69) is 16.1 Å². The van der Waals surface area contributed by atoms with Crippen molar-refractivity contribution in [3.63, 3.8) is 0 Å². The van der Waals surface area contributed by atoms with Crippen molar-refractivity contribution in [3.8, 4) is 5.75 Å². The molecule has 2 bridgehead atoms. The minimum absolute atomic E-state index is 0.0249. The van der Waals surface area contributed by atoms with Crippen LogP contribution in [-0.4, -0.2) is 98.5 Å². The number of phenols is 1. The van der Waals surface area contributed by atoms with Crippen molar-refractivity contribution in [2.45, 2.75) is 103 Å². The highest BCUT2D eigenvalue weighted by Gasteiger charge is 2.39. The van der Waals surface area contributed by atoms with E-state index in [1.807, 2.05) is 0 Å². The molecule has 1 fully saturated rings. The van der Waals surface area contributed by atoms with Gasteiger partial charge in [0.2, 0.25) is 11.8 Å². The summed E-state index contributed by atoms with van der Waals surface area (Å²) in [5.41, 5.74) is 3.78. The first-order chi connectivity index (χ1) is 24.6. The number of phenolic OH excluding ortho intramolecular Hbond substituents is 1. The number of carbonyl (C=O) groups excluding carboxylic acids is 5. The molecule has 14 heteroatoms. The zero-order valence-corrected chi connectivity index (χ0v) is 30.5. The highest BCUT2D eigenvalue weighted by atomic mass is 16.5. The summed E-state index contributed by atoms with van der Waals surface area (Å²) in [7, 11) is 0. The zero-order valence-electron chi connectivity index (χ0n) is 30.5. The topological polar surface area (TPSA) is 215 Å². The molecular formula is C38H54N4O10. The van der Waals surface area contributed by atoms with Gasteiger partial charge in [-0.2, -0.15) is 0 Å². The smallest absolute Gasteiger partial charge is 0.325 e. The molecule has 3 rings (SSSR count). The number of hydrogen-bond acceptors (Lipinski definition) is 11. The number of allylic oxidation sites excluding steroid dienone is 2. The predicted octanol–water partition coefficient (Wildman–Crippen LogP) is 1.90. The first-order valence-electron chi connectivity index (χ1n) is 17.8. The second kappa shape index (κ2) is 20.0. The van der Waals surface area contributed by atoms with Crippen molar-refractivity contribution < 1.29 is 49.1 Å². The van der Waals surface area contributed by atoms with Gasteiger partial charge in [-0.3, -0.25) is 24.2 Å². The maximum absolute atomic E-state index is 14.2. The maximum Gasteiger partial charge on any atom is 0.325 e. The predicted molar refractivity (Wildman–Crippen MR) is 192 cm³/mol. The van der Waals surface area contributed by atoms with Crippen molar-refractivity contribution in [1.82, 2.24) is 21.1 Å². The third-order valence-corrected chi connectivity index (χ3v) is 9.44. The number of nitrogens with zero attached hydrogens (tertiary/aromatic N) is 1. The number of nitrogens with one attached hydrogen (secondary N) is 3. The van der Waals surface area contributed by atoms with E-state index in [4.69, 9.17) is 4.74 Å². The number of hydrazine groups is 1. The number of aliphatic hydroxyl groups excluding tert-OH is 3. The van der Waals surface area contributed by atoms with E-state index in [0.29, 0.717) is 18.4 Å². The fraction of sp³-hybridized carbons (Fsp3) is 0.553. The van der Waals surface area contributed by atoms with Gasteiger partial charge in [-0.15, -0.1) is 0 Å². The number of Topliss-reactive ketones (excluding diaryl/α,β-unsaturated/α-hetero) is 1. The van der Waals surface area contributed by atoms with Crippen LogP contribution in [0.2, 0.25) is 0 Å². The molecular weight excluding hydrogens is 672 g/mol. The average molecular weight is 727 g/mol. The van der Waals surface area contributed by atoms with Crippen LogP contribution < -0.4 is 16.1 Å². The summed E-state index contributed by atoms with van der Waals surface area (Å²) in [6, 6.07) is 2.34. The lowest BCUT2D eigenvalue weighted by Gasteiger charge is -2.36. The average Bonchev–Trinajstić information content (AvgIpc) is 3.10. The number of esters is 1. The Morgan fingerprint density at radius 3 is 2.46 bits per heavy atom. The number of aromatic hydroxyl groups is 1. The monoisotopic (exact) mass is 726 g/mol. The molecule has 286 valence electrons. The number of amides is 3. The van der Waals surface area contributed by atoms with Gasteiger partial charge >= 0.3 is 5.97 Å². The molecule has 2 heterocycles. The highest BCUT2D eigenvalue weighted by molar-refractivity contribution is 5.93. The number of ketones is 1. The Hall–Kier alpha value is -4.37. The van der Waals surface area contributed by atoms with Gasteiger partial charge in [0, 0.05) is 25.3 Å². The first kappa shape index (κ1) is 42.0. The number of cyclic esters (lactones) is 1. The SMILES string of the molecule is CC(=O)CC[C@H]1C(=O)N[C@@H](C(C)C)C(=O)NC(c2cccc(O)c2)C(=O)N2CCCC(N2)C(=O)O[C@H](/C(C)=C/CO)C/C=C/C=C/[C@H](O)[C@H](C)[C@H]1O. The largest absolute Gasteiger partial charge is 0.508 e. The molecule has 14 nitrogen and oxygen atoms in total. The molecule has 1 aromatic carbocycles. The number of aliphatic hydroxyl groups is 3. The third kappa shape index (κ3) is 11.8. The van der Waals surface area contributed by atoms with Crippen molar-refractivity contribution >= 4 is 29.5 Å². The fourth-order valence-electron chi connectivity index (χ4n) is 6.13. The Bertz CT molecular complexity index is 1510. The van der Waals surface area contributed by atoms with Gasteiger partial charge in [-0.1, -0.05) is 63.3 Å². The summed E-state index contributed by atoms with van der Waals surface area (Å²) >= 11 is 0. The second-order valence-corrected chi connectivity index (χ2v) is 13.9. The molecule has 1 aromatic rings. The van der Waals surface area contributed by atoms with Gasteiger partial charge in [0.25, 0.3) is 5.91 Å². The second-order valence-electron chi connectivity index (χ2n) is 13.9. The Morgan fingerprint density at radius 2 is 1.81 bits per heavy atom. The van der Waals surface area contributed by atoms with Crippen LogP contribution in [-0.2, 0) is 28.7 Å². The van der Waals surface area contributed by atoms with Gasteiger partial charge in [-0.05, 0) is 62.3 Å². The number of fused-ring (bicyclic) bond motifs is 2. The number of ether oxygens (including phenoxy) is 1. The molecule has 2 aliphatic heterocycles. The molecule has 0 saturated carbocycles. The van der Waals surface area contributed by atoms with Gasteiger partial charge < -0.3 is 40.6 Å². The zero-order chi connectivity index (χ0) is 38.5. The summed E-state index contributed by atoms with van der Waals surface area (Å²) in [6.45, 7) is 7.95. The number of rotatable bonds is 7. The van der Waals surface area contributed by atoms with Crippen LogP contribution in [0.1, 0.15) is 78.3 Å². The van der Waals surface area contributed by atoms with Gasteiger partial charge in [0.1, 0.15) is 35.8 Å². The van der Waals surface area contributed by atoms with Crippen molar-refractivity contribution in [3.05, 3.63) is 65.8 Å². The third-order valence-electron chi connectivity index (χ3n) is 9.44. The van der Waals surface area contributed by atoms with E-state index < -0.39 is 77.9 Å². The van der Waals surface area contributed by atoms with Crippen LogP contribution in [0.25, 0.3) is 0 Å². The van der Waals surface area contributed by atoms with E-state index in [-0.39, 0.29) is 49.5 Å². The van der Waals surface area contributed by atoms with Crippen LogP contribution in [0.15, 0.2) is 60.2 Å². The minimum atomic E-state index is -1.41. The lowest BCUT2D eigenvalue weighted by atomic mass is 9.84. The normalized spacial score (nSPS) is 30.3. The molecule has 1 saturated heterocycles. The minimum Gasteiger partial charge on any atom is -0.508 e. The van der Waals surface area contributed by atoms with E-state index in [1.54, 1.807) is 52.0 Å². The van der Waals surface area contributed by atoms with E-state index in [0.717, 1.165) is 0 Å². The van der Waals surface area contributed by atoms with E-state index in [1.165, 1.54) is 42.3 Å². The standard InChI is InChI=1S/C38H54N4O10/c1-22(2)32-36(49)40-33(26-11-9-12-27(45)21-26)37(50)42-19-10-13-29(41-42)38(51)52-31(23(3)18-20-43)15-8-6-7-14-30(46)25(5)34(47)28(35(48)39-32)17-16-24(4)44/h6-9,11-12,14,18,21-22,25,28-34,41,43,45-47H,10,13,15-17,19-20H2,1-5H3,(H,39,48)(H,40,49)/b8-6+,14-7+,23-18+/t25-,28+,29?,30-,31-,32-,33?,34+/m0/s1. The summed E-state index contributed by atoms with van der Waals surface area (Å²) in [6.07, 6.45) is 5.44. The molecule has 0 radical (unpaired) electrons. The van der Waals surface area contributed by atoms with E-state index >= 15 is 0 Å². The molecule has 0 spiro atoms. The Kier molecular flexibility index (Phi) is 16.2. The molecule has 0 aliphatic carbocycles. The Balaban J connectivity index is 2.08. The highest BCUT2D eigenvalue weighted by Crippen LogP contribution is 2.25. The Labute approximate surface area is 305 Å².